The molecule has 0 aliphatic carbocycles. The average molecular weight is 255 g/mol. The number of hydrogen-bond acceptors (Lipinski definition) is 3. The van der Waals surface area contributed by atoms with Crippen molar-refractivity contribution in [3.63, 3.8) is 0 Å². The molecule has 2 rings (SSSR count). The first kappa shape index (κ1) is 13.3. The number of nitrogens with zero attached hydrogens (tertiary/aromatic N) is 1. The predicted octanol–water partition coefficient (Wildman–Crippen LogP) is 3.19. The van der Waals surface area contributed by atoms with Gasteiger partial charge in [0.15, 0.2) is 0 Å². The first-order chi connectivity index (χ1) is 9.11. The maximum absolute atomic E-state index is 5.88. The van der Waals surface area contributed by atoms with E-state index in [0.29, 0.717) is 11.4 Å². The van der Waals surface area contributed by atoms with Gasteiger partial charge in [-0.15, -0.1) is 0 Å². The van der Waals surface area contributed by atoms with Crippen LogP contribution in [-0.4, -0.2) is 6.54 Å². The molecule has 3 nitrogen and oxygen atoms in total. The Bertz CT molecular complexity index is 564. The summed E-state index contributed by atoms with van der Waals surface area (Å²) in [6.45, 7) is 6.09. The lowest BCUT2D eigenvalue weighted by Crippen LogP contribution is -2.22. The van der Waals surface area contributed by atoms with Crippen LogP contribution in [0, 0.1) is 6.92 Å². The van der Waals surface area contributed by atoms with E-state index in [1.165, 1.54) is 11.1 Å². The smallest absolute Gasteiger partial charge is 0.0568 e. The lowest BCUT2D eigenvalue weighted by Gasteiger charge is -2.24. The average Bonchev–Trinajstić information content (AvgIpc) is 2.41. The Kier molecular flexibility index (Phi) is 3.95. The molecule has 4 N–H and O–H groups in total. The zero-order valence-corrected chi connectivity index (χ0v) is 11.6. The van der Waals surface area contributed by atoms with E-state index in [2.05, 4.69) is 43.0 Å². The second kappa shape index (κ2) is 5.65. The minimum atomic E-state index is 0.635. The van der Waals surface area contributed by atoms with Crippen molar-refractivity contribution in [1.29, 1.82) is 0 Å². The Hall–Kier alpha value is -2.16. The van der Waals surface area contributed by atoms with Gasteiger partial charge in [0.25, 0.3) is 0 Å². The molecule has 0 atom stereocenters. The van der Waals surface area contributed by atoms with Crippen molar-refractivity contribution in [3.05, 3.63) is 53.6 Å². The molecule has 0 radical (unpaired) electrons. The summed E-state index contributed by atoms with van der Waals surface area (Å²) < 4.78 is 0. The third-order valence-corrected chi connectivity index (χ3v) is 3.44. The lowest BCUT2D eigenvalue weighted by molar-refractivity contribution is 0.827. The van der Waals surface area contributed by atoms with Crippen molar-refractivity contribution in [3.8, 4) is 0 Å². The lowest BCUT2D eigenvalue weighted by atomic mass is 10.1. The van der Waals surface area contributed by atoms with Crippen LogP contribution in [0.15, 0.2) is 42.5 Å². The van der Waals surface area contributed by atoms with Crippen molar-refractivity contribution in [2.75, 3.05) is 22.9 Å². The SMILES string of the molecule is CCN(Cc1ccccc1C)c1ccc(N)c(N)c1. The fourth-order valence-corrected chi connectivity index (χ4v) is 2.14. The van der Waals surface area contributed by atoms with Crippen molar-refractivity contribution in [2.45, 2.75) is 20.4 Å². The summed E-state index contributed by atoms with van der Waals surface area (Å²) in [6, 6.07) is 14.3. The molecule has 0 amide bonds. The molecule has 0 fully saturated rings. The molecule has 3 heteroatoms. The molecule has 0 unspecified atom stereocenters. The van der Waals surface area contributed by atoms with E-state index in [1.807, 2.05) is 18.2 Å². The number of anilines is 3. The van der Waals surface area contributed by atoms with Gasteiger partial charge in [-0.1, -0.05) is 24.3 Å². The van der Waals surface area contributed by atoms with Crippen LogP contribution < -0.4 is 16.4 Å². The molecule has 0 saturated heterocycles. The fraction of sp³-hybridized carbons (Fsp3) is 0.250. The number of nitrogen functional groups attached to an aromatic ring is 2. The van der Waals surface area contributed by atoms with Crippen molar-refractivity contribution < 1.29 is 0 Å². The molecule has 0 aliphatic rings. The second-order valence-corrected chi connectivity index (χ2v) is 4.75. The molecule has 100 valence electrons. The number of hydrogen-bond donors (Lipinski definition) is 2. The van der Waals surface area contributed by atoms with Crippen molar-refractivity contribution >= 4 is 17.1 Å². The van der Waals surface area contributed by atoms with Crippen molar-refractivity contribution in [2.24, 2.45) is 0 Å². The second-order valence-electron chi connectivity index (χ2n) is 4.75. The van der Waals surface area contributed by atoms with Crippen LogP contribution in [-0.2, 0) is 6.54 Å². The van der Waals surface area contributed by atoms with Crippen LogP contribution >= 0.6 is 0 Å². The third-order valence-electron chi connectivity index (χ3n) is 3.44. The number of aryl methyl sites for hydroxylation is 1. The Morgan fingerprint density at radius 1 is 1.00 bits per heavy atom. The van der Waals surface area contributed by atoms with Gasteiger partial charge < -0.3 is 16.4 Å². The summed E-state index contributed by atoms with van der Waals surface area (Å²) >= 11 is 0. The van der Waals surface area contributed by atoms with Crippen LogP contribution in [0.3, 0.4) is 0 Å². The Labute approximate surface area is 114 Å². The van der Waals surface area contributed by atoms with Gasteiger partial charge in [-0.3, -0.25) is 0 Å². The minimum absolute atomic E-state index is 0.635. The van der Waals surface area contributed by atoms with E-state index in [-0.39, 0.29) is 0 Å². The summed E-state index contributed by atoms with van der Waals surface area (Å²) in [6.07, 6.45) is 0. The number of nitrogens with two attached hydrogens (primary N) is 2. The molecule has 19 heavy (non-hydrogen) atoms. The highest BCUT2D eigenvalue weighted by atomic mass is 15.1. The number of benzene rings is 2. The van der Waals surface area contributed by atoms with Gasteiger partial charge >= 0.3 is 0 Å². The number of rotatable bonds is 4. The summed E-state index contributed by atoms with van der Waals surface area (Å²) in [7, 11) is 0. The molecule has 0 aromatic heterocycles. The molecular formula is C16H21N3. The molecule has 2 aromatic carbocycles. The van der Waals surface area contributed by atoms with Gasteiger partial charge in [0.1, 0.15) is 0 Å². The minimum Gasteiger partial charge on any atom is -0.397 e. The van der Waals surface area contributed by atoms with Crippen LogP contribution in [0.5, 0.6) is 0 Å². The van der Waals surface area contributed by atoms with E-state index in [4.69, 9.17) is 11.5 Å². The van der Waals surface area contributed by atoms with Crippen LogP contribution in [0.2, 0.25) is 0 Å². The molecule has 0 saturated carbocycles. The standard InChI is InChI=1S/C16H21N3/c1-3-19(11-13-7-5-4-6-12(13)2)14-8-9-15(17)16(18)10-14/h4-10H,3,11,17-18H2,1-2H3. The normalized spacial score (nSPS) is 10.4. The van der Waals surface area contributed by atoms with Gasteiger partial charge in [0.05, 0.1) is 11.4 Å². The van der Waals surface area contributed by atoms with Gasteiger partial charge in [0.2, 0.25) is 0 Å². The van der Waals surface area contributed by atoms with E-state index in [9.17, 15) is 0 Å². The summed E-state index contributed by atoms with van der Waals surface area (Å²) in [5, 5.41) is 0. The maximum Gasteiger partial charge on any atom is 0.0568 e. The topological polar surface area (TPSA) is 55.3 Å². The van der Waals surface area contributed by atoms with Gasteiger partial charge in [-0.05, 0) is 43.2 Å². The van der Waals surface area contributed by atoms with Crippen LogP contribution in [0.25, 0.3) is 0 Å². The van der Waals surface area contributed by atoms with Gasteiger partial charge in [-0.25, -0.2) is 0 Å². The maximum atomic E-state index is 5.88. The van der Waals surface area contributed by atoms with Gasteiger partial charge in [-0.2, -0.15) is 0 Å². The first-order valence-electron chi connectivity index (χ1n) is 6.56. The fourth-order valence-electron chi connectivity index (χ4n) is 2.14. The Morgan fingerprint density at radius 3 is 2.37 bits per heavy atom. The van der Waals surface area contributed by atoms with E-state index >= 15 is 0 Å². The molecular weight excluding hydrogens is 234 g/mol. The summed E-state index contributed by atoms with van der Waals surface area (Å²) in [5.41, 5.74) is 16.7. The zero-order chi connectivity index (χ0) is 13.8. The van der Waals surface area contributed by atoms with Crippen LogP contribution in [0.4, 0.5) is 17.1 Å². The highest BCUT2D eigenvalue weighted by Gasteiger charge is 2.08. The van der Waals surface area contributed by atoms with Crippen molar-refractivity contribution in [1.82, 2.24) is 0 Å². The monoisotopic (exact) mass is 255 g/mol. The largest absolute Gasteiger partial charge is 0.397 e. The van der Waals surface area contributed by atoms with E-state index < -0.39 is 0 Å². The Morgan fingerprint density at radius 2 is 1.74 bits per heavy atom. The third kappa shape index (κ3) is 2.99. The Balaban J connectivity index is 2.25. The highest BCUT2D eigenvalue weighted by molar-refractivity contribution is 5.69. The molecule has 0 bridgehead atoms. The quantitative estimate of drug-likeness (QED) is 0.825. The summed E-state index contributed by atoms with van der Waals surface area (Å²) in [5.74, 6) is 0. The van der Waals surface area contributed by atoms with E-state index in [0.717, 1.165) is 18.8 Å². The predicted molar refractivity (Wildman–Crippen MR) is 83.2 cm³/mol. The first-order valence-corrected chi connectivity index (χ1v) is 6.56. The summed E-state index contributed by atoms with van der Waals surface area (Å²) in [4.78, 5) is 2.29. The van der Waals surface area contributed by atoms with Gasteiger partial charge in [0, 0.05) is 18.8 Å². The van der Waals surface area contributed by atoms with E-state index in [1.54, 1.807) is 0 Å². The van der Waals surface area contributed by atoms with Crippen LogP contribution in [0.1, 0.15) is 18.1 Å². The molecule has 0 heterocycles. The molecule has 0 aliphatic heterocycles. The molecule has 0 spiro atoms. The molecule has 2 aromatic rings. The highest BCUT2D eigenvalue weighted by Crippen LogP contribution is 2.24. The zero-order valence-electron chi connectivity index (χ0n) is 11.6.